The predicted molar refractivity (Wildman–Crippen MR) is 59.2 cm³/mol. The fourth-order valence-corrected chi connectivity index (χ4v) is 1.14. The van der Waals surface area contributed by atoms with Gasteiger partial charge in [0.25, 0.3) is 0 Å². The Kier molecular flexibility index (Phi) is 3.43. The Morgan fingerprint density at radius 1 is 1.57 bits per heavy atom. The van der Waals surface area contributed by atoms with Crippen LogP contribution in [0.25, 0.3) is 5.57 Å². The standard InChI is InChI=1S/C10H11FN2S/c1-6(7(2)14)8-3-4-13-9(5-12)10(8)11/h3-4,14H,1-2,5,12H2. The van der Waals surface area contributed by atoms with Crippen LogP contribution in [-0.4, -0.2) is 4.98 Å². The van der Waals surface area contributed by atoms with Gasteiger partial charge in [0.1, 0.15) is 0 Å². The topological polar surface area (TPSA) is 38.9 Å². The maximum Gasteiger partial charge on any atom is 0.153 e. The zero-order chi connectivity index (χ0) is 10.7. The second-order valence-corrected chi connectivity index (χ2v) is 3.29. The Balaban J connectivity index is 3.22. The van der Waals surface area contributed by atoms with E-state index >= 15 is 0 Å². The fraction of sp³-hybridized carbons (Fsp3) is 0.100. The summed E-state index contributed by atoms with van der Waals surface area (Å²) in [6, 6.07) is 1.53. The van der Waals surface area contributed by atoms with Gasteiger partial charge in [-0.1, -0.05) is 13.2 Å². The third-order valence-electron chi connectivity index (χ3n) is 1.83. The molecular formula is C10H11FN2S. The van der Waals surface area contributed by atoms with Crippen LogP contribution < -0.4 is 5.73 Å². The molecule has 4 heteroatoms. The fourth-order valence-electron chi connectivity index (χ4n) is 1.02. The lowest BCUT2D eigenvalue weighted by Crippen LogP contribution is -2.05. The first-order valence-corrected chi connectivity index (χ1v) is 4.43. The molecule has 0 aliphatic carbocycles. The van der Waals surface area contributed by atoms with Gasteiger partial charge >= 0.3 is 0 Å². The minimum atomic E-state index is -0.449. The number of pyridine rings is 1. The summed E-state index contributed by atoms with van der Waals surface area (Å²) in [5, 5.41) is 0. The lowest BCUT2D eigenvalue weighted by atomic mass is 10.1. The molecule has 2 nitrogen and oxygen atoms in total. The van der Waals surface area contributed by atoms with E-state index in [2.05, 4.69) is 30.8 Å². The largest absolute Gasteiger partial charge is 0.325 e. The van der Waals surface area contributed by atoms with Gasteiger partial charge in [-0.05, 0) is 11.6 Å². The number of thiol groups is 1. The highest BCUT2D eigenvalue weighted by Gasteiger charge is 2.11. The summed E-state index contributed by atoms with van der Waals surface area (Å²) < 4.78 is 13.6. The maximum atomic E-state index is 13.6. The molecule has 0 unspecified atom stereocenters. The maximum absolute atomic E-state index is 13.6. The monoisotopic (exact) mass is 210 g/mol. The van der Waals surface area contributed by atoms with Crippen molar-refractivity contribution < 1.29 is 4.39 Å². The van der Waals surface area contributed by atoms with Gasteiger partial charge in [-0.25, -0.2) is 4.39 Å². The third-order valence-corrected chi connectivity index (χ3v) is 2.10. The van der Waals surface area contributed by atoms with E-state index in [-0.39, 0.29) is 12.2 Å². The quantitative estimate of drug-likeness (QED) is 0.592. The summed E-state index contributed by atoms with van der Waals surface area (Å²) in [5.74, 6) is -0.449. The van der Waals surface area contributed by atoms with Crippen LogP contribution in [-0.2, 0) is 6.54 Å². The second kappa shape index (κ2) is 4.39. The molecule has 14 heavy (non-hydrogen) atoms. The summed E-state index contributed by atoms with van der Waals surface area (Å²) in [6.07, 6.45) is 1.49. The minimum Gasteiger partial charge on any atom is -0.325 e. The first-order chi connectivity index (χ1) is 6.57. The van der Waals surface area contributed by atoms with Gasteiger partial charge in [0, 0.05) is 23.2 Å². The smallest absolute Gasteiger partial charge is 0.153 e. The Labute approximate surface area is 87.8 Å². The van der Waals surface area contributed by atoms with Gasteiger partial charge in [0.15, 0.2) is 5.82 Å². The zero-order valence-corrected chi connectivity index (χ0v) is 8.52. The molecule has 0 aliphatic rings. The number of halogens is 1. The van der Waals surface area contributed by atoms with Crippen LogP contribution in [0.15, 0.2) is 30.3 Å². The van der Waals surface area contributed by atoms with E-state index in [1.807, 2.05) is 0 Å². The van der Waals surface area contributed by atoms with Gasteiger partial charge < -0.3 is 5.73 Å². The molecule has 0 saturated heterocycles. The van der Waals surface area contributed by atoms with Gasteiger partial charge in [0.2, 0.25) is 0 Å². The van der Waals surface area contributed by atoms with Crippen molar-refractivity contribution in [3.05, 3.63) is 47.4 Å². The van der Waals surface area contributed by atoms with Gasteiger partial charge in [-0.2, -0.15) is 0 Å². The Bertz CT molecular complexity index is 388. The summed E-state index contributed by atoms with van der Waals surface area (Å²) in [6.45, 7) is 7.31. The number of hydrogen-bond donors (Lipinski definition) is 2. The molecule has 1 aromatic rings. The number of nitrogens with zero attached hydrogens (tertiary/aromatic N) is 1. The van der Waals surface area contributed by atoms with Crippen LogP contribution in [0, 0.1) is 5.82 Å². The summed E-state index contributed by atoms with van der Waals surface area (Å²) in [7, 11) is 0. The average Bonchev–Trinajstić information content (AvgIpc) is 2.17. The van der Waals surface area contributed by atoms with Crippen LogP contribution >= 0.6 is 12.6 Å². The van der Waals surface area contributed by atoms with E-state index in [0.29, 0.717) is 16.0 Å². The highest BCUT2D eigenvalue weighted by molar-refractivity contribution is 7.85. The average molecular weight is 210 g/mol. The number of rotatable bonds is 3. The number of allylic oxidation sites excluding steroid dienone is 1. The van der Waals surface area contributed by atoms with Crippen molar-refractivity contribution in [3.63, 3.8) is 0 Å². The molecule has 0 aliphatic heterocycles. The first-order valence-electron chi connectivity index (χ1n) is 3.99. The second-order valence-electron chi connectivity index (χ2n) is 2.75. The van der Waals surface area contributed by atoms with Crippen molar-refractivity contribution in [1.29, 1.82) is 0 Å². The van der Waals surface area contributed by atoms with E-state index in [1.54, 1.807) is 0 Å². The molecule has 0 saturated carbocycles. The SMILES string of the molecule is C=C(S)C(=C)c1ccnc(CN)c1F. The van der Waals surface area contributed by atoms with Crippen LogP contribution in [0.4, 0.5) is 4.39 Å². The number of hydrogen-bond acceptors (Lipinski definition) is 3. The molecule has 74 valence electrons. The van der Waals surface area contributed by atoms with Crippen molar-refractivity contribution in [2.24, 2.45) is 5.73 Å². The highest BCUT2D eigenvalue weighted by Crippen LogP contribution is 2.25. The van der Waals surface area contributed by atoms with Crippen molar-refractivity contribution in [3.8, 4) is 0 Å². The molecule has 0 radical (unpaired) electrons. The lowest BCUT2D eigenvalue weighted by molar-refractivity contribution is 0.596. The third kappa shape index (κ3) is 2.02. The van der Waals surface area contributed by atoms with E-state index in [1.165, 1.54) is 12.3 Å². The van der Waals surface area contributed by atoms with E-state index in [0.717, 1.165) is 0 Å². The summed E-state index contributed by atoms with van der Waals surface area (Å²) >= 11 is 4.00. The molecule has 0 amide bonds. The van der Waals surface area contributed by atoms with Crippen LogP contribution in [0.1, 0.15) is 11.3 Å². The molecule has 2 N–H and O–H groups in total. The van der Waals surface area contributed by atoms with Gasteiger partial charge in [-0.15, -0.1) is 12.6 Å². The van der Waals surface area contributed by atoms with Crippen LogP contribution in [0.3, 0.4) is 0 Å². The van der Waals surface area contributed by atoms with Crippen molar-refractivity contribution >= 4 is 18.2 Å². The predicted octanol–water partition coefficient (Wildman–Crippen LogP) is 2.14. The molecule has 0 spiro atoms. The minimum absolute atomic E-state index is 0.0615. The molecule has 0 aromatic carbocycles. The Morgan fingerprint density at radius 2 is 2.21 bits per heavy atom. The molecule has 0 bridgehead atoms. The molecular weight excluding hydrogens is 199 g/mol. The zero-order valence-electron chi connectivity index (χ0n) is 7.63. The first kappa shape index (κ1) is 10.9. The van der Waals surface area contributed by atoms with Crippen LogP contribution in [0.5, 0.6) is 0 Å². The highest BCUT2D eigenvalue weighted by atomic mass is 32.1. The van der Waals surface area contributed by atoms with Crippen molar-refractivity contribution in [2.75, 3.05) is 0 Å². The molecule has 1 aromatic heterocycles. The number of nitrogens with two attached hydrogens (primary N) is 1. The Hall–Kier alpha value is -1.13. The molecule has 1 heterocycles. The molecule has 0 fully saturated rings. The summed E-state index contributed by atoms with van der Waals surface area (Å²) in [5.41, 5.74) is 6.34. The Morgan fingerprint density at radius 3 is 2.71 bits per heavy atom. The molecule has 0 atom stereocenters. The van der Waals surface area contributed by atoms with Gasteiger partial charge in [0.05, 0.1) is 5.69 Å². The van der Waals surface area contributed by atoms with Crippen molar-refractivity contribution in [1.82, 2.24) is 4.98 Å². The normalized spacial score (nSPS) is 9.93. The van der Waals surface area contributed by atoms with E-state index in [4.69, 9.17) is 5.73 Å². The van der Waals surface area contributed by atoms with E-state index < -0.39 is 5.82 Å². The van der Waals surface area contributed by atoms with Crippen LogP contribution in [0.2, 0.25) is 0 Å². The van der Waals surface area contributed by atoms with Crippen molar-refractivity contribution in [2.45, 2.75) is 6.54 Å². The van der Waals surface area contributed by atoms with Gasteiger partial charge in [-0.3, -0.25) is 4.98 Å². The summed E-state index contributed by atoms with van der Waals surface area (Å²) in [4.78, 5) is 4.23. The van der Waals surface area contributed by atoms with E-state index in [9.17, 15) is 4.39 Å². The molecule has 1 rings (SSSR count). The lowest BCUT2D eigenvalue weighted by Gasteiger charge is -2.07. The number of aromatic nitrogens is 1.